The van der Waals surface area contributed by atoms with Crippen LogP contribution in [0.5, 0.6) is 0 Å². The van der Waals surface area contributed by atoms with Crippen molar-refractivity contribution in [2.75, 3.05) is 25.5 Å². The second-order valence-corrected chi connectivity index (χ2v) is 5.22. The smallest absolute Gasteiger partial charge is 0.385 e. The minimum absolute atomic E-state index is 0.354. The first-order chi connectivity index (χ1) is 9.75. The molecule has 1 N–H and O–H groups in total. The van der Waals surface area contributed by atoms with Gasteiger partial charge in [-0.1, -0.05) is 0 Å². The summed E-state index contributed by atoms with van der Waals surface area (Å²) < 4.78 is 38.4. The summed E-state index contributed by atoms with van der Waals surface area (Å²) in [6.07, 6.45) is -3.68. The van der Waals surface area contributed by atoms with Crippen LogP contribution in [-0.2, 0) is 6.18 Å². The molecule has 0 bridgehead atoms. The van der Waals surface area contributed by atoms with E-state index in [0.717, 1.165) is 19.0 Å². The summed E-state index contributed by atoms with van der Waals surface area (Å²) in [5, 5.41) is 11.7. The summed E-state index contributed by atoms with van der Waals surface area (Å²) in [6.45, 7) is 5.63. The number of nitriles is 1. The minimum atomic E-state index is -4.51. The third kappa shape index (κ3) is 5.27. The predicted octanol–water partition coefficient (Wildman–Crippen LogP) is 3.72. The Kier molecular flexibility index (Phi) is 6.03. The van der Waals surface area contributed by atoms with E-state index >= 15 is 0 Å². The zero-order valence-corrected chi connectivity index (χ0v) is 12.5. The minimum Gasteiger partial charge on any atom is -0.385 e. The molecular formula is C15H20F3N3. The van der Waals surface area contributed by atoms with Gasteiger partial charge >= 0.3 is 6.18 Å². The molecule has 0 spiro atoms. The molecule has 0 amide bonds. The van der Waals surface area contributed by atoms with Gasteiger partial charge in [0.1, 0.15) is 0 Å². The Morgan fingerprint density at radius 1 is 1.33 bits per heavy atom. The Labute approximate surface area is 123 Å². The van der Waals surface area contributed by atoms with Crippen LogP contribution >= 0.6 is 0 Å². The van der Waals surface area contributed by atoms with Gasteiger partial charge < -0.3 is 10.2 Å². The number of hydrogen-bond acceptors (Lipinski definition) is 3. The molecule has 0 atom stereocenters. The van der Waals surface area contributed by atoms with E-state index in [1.807, 2.05) is 7.05 Å². The van der Waals surface area contributed by atoms with Crippen molar-refractivity contribution < 1.29 is 13.2 Å². The maximum atomic E-state index is 12.8. The fourth-order valence-electron chi connectivity index (χ4n) is 1.81. The van der Waals surface area contributed by atoms with Crippen LogP contribution in [0.2, 0.25) is 0 Å². The highest BCUT2D eigenvalue weighted by Crippen LogP contribution is 2.33. The van der Waals surface area contributed by atoms with Gasteiger partial charge in [0.05, 0.1) is 17.2 Å². The quantitative estimate of drug-likeness (QED) is 0.814. The van der Waals surface area contributed by atoms with Crippen LogP contribution in [0, 0.1) is 11.3 Å². The van der Waals surface area contributed by atoms with Crippen molar-refractivity contribution in [2.24, 2.45) is 0 Å². The van der Waals surface area contributed by atoms with E-state index in [1.54, 1.807) is 6.07 Å². The lowest BCUT2D eigenvalue weighted by atomic mass is 10.1. The second kappa shape index (κ2) is 7.32. The van der Waals surface area contributed by atoms with Crippen molar-refractivity contribution in [1.29, 1.82) is 5.26 Å². The maximum Gasteiger partial charge on any atom is 0.417 e. The highest BCUT2D eigenvalue weighted by atomic mass is 19.4. The van der Waals surface area contributed by atoms with Crippen LogP contribution < -0.4 is 5.32 Å². The molecule has 21 heavy (non-hydrogen) atoms. The highest BCUT2D eigenvalue weighted by Gasteiger charge is 2.33. The number of halogens is 3. The van der Waals surface area contributed by atoms with Gasteiger partial charge in [-0.3, -0.25) is 0 Å². The fourth-order valence-corrected chi connectivity index (χ4v) is 1.81. The van der Waals surface area contributed by atoms with Crippen molar-refractivity contribution in [1.82, 2.24) is 4.90 Å². The lowest BCUT2D eigenvalue weighted by molar-refractivity contribution is -0.137. The fraction of sp³-hybridized carbons (Fsp3) is 0.533. The van der Waals surface area contributed by atoms with Gasteiger partial charge in [0.25, 0.3) is 0 Å². The van der Waals surface area contributed by atoms with E-state index in [1.165, 1.54) is 12.1 Å². The SMILES string of the molecule is CC(C)N(C)CCCNc1ccc(C#N)c(C(F)(F)F)c1. The topological polar surface area (TPSA) is 39.1 Å². The van der Waals surface area contributed by atoms with E-state index in [4.69, 9.17) is 5.26 Å². The van der Waals surface area contributed by atoms with Gasteiger partial charge in [0.15, 0.2) is 0 Å². The van der Waals surface area contributed by atoms with Crippen molar-refractivity contribution >= 4 is 5.69 Å². The Morgan fingerprint density at radius 2 is 2.00 bits per heavy atom. The van der Waals surface area contributed by atoms with E-state index in [2.05, 4.69) is 24.1 Å². The van der Waals surface area contributed by atoms with Gasteiger partial charge in [-0.2, -0.15) is 18.4 Å². The second-order valence-electron chi connectivity index (χ2n) is 5.22. The van der Waals surface area contributed by atoms with Gasteiger partial charge in [-0.15, -0.1) is 0 Å². The lowest BCUT2D eigenvalue weighted by Gasteiger charge is -2.21. The van der Waals surface area contributed by atoms with Crippen molar-refractivity contribution in [2.45, 2.75) is 32.5 Å². The zero-order chi connectivity index (χ0) is 16.0. The van der Waals surface area contributed by atoms with Crippen molar-refractivity contribution in [3.8, 4) is 6.07 Å². The molecule has 0 saturated heterocycles. The average molecular weight is 299 g/mol. The van der Waals surface area contributed by atoms with Crippen LogP contribution in [0.25, 0.3) is 0 Å². The predicted molar refractivity (Wildman–Crippen MR) is 77.0 cm³/mol. The van der Waals surface area contributed by atoms with Crippen LogP contribution in [0.1, 0.15) is 31.4 Å². The zero-order valence-electron chi connectivity index (χ0n) is 12.5. The number of nitrogens with zero attached hydrogens (tertiary/aromatic N) is 2. The molecule has 6 heteroatoms. The monoisotopic (exact) mass is 299 g/mol. The molecule has 0 aliphatic heterocycles. The first-order valence-electron chi connectivity index (χ1n) is 6.81. The molecule has 0 aliphatic carbocycles. The van der Waals surface area contributed by atoms with Gasteiger partial charge in [0, 0.05) is 18.3 Å². The summed E-state index contributed by atoms with van der Waals surface area (Å²) in [5.74, 6) is 0. The molecule has 0 unspecified atom stereocenters. The van der Waals surface area contributed by atoms with Gasteiger partial charge in [-0.05, 0) is 52.1 Å². The standard InChI is InChI=1S/C15H20F3N3/c1-11(2)21(3)8-4-7-20-13-6-5-12(10-19)14(9-13)15(16,17)18/h5-6,9,11,20H,4,7-8H2,1-3H3. The van der Waals surface area contributed by atoms with Gasteiger partial charge in [0.2, 0.25) is 0 Å². The normalized spacial score (nSPS) is 11.8. The van der Waals surface area contributed by atoms with Crippen LogP contribution in [-0.4, -0.2) is 31.1 Å². The lowest BCUT2D eigenvalue weighted by Crippen LogP contribution is -2.28. The molecule has 0 aliphatic rings. The third-order valence-corrected chi connectivity index (χ3v) is 3.34. The summed E-state index contributed by atoms with van der Waals surface area (Å²) in [6, 6.07) is 5.70. The molecule has 0 saturated carbocycles. The number of alkyl halides is 3. The first kappa shape index (κ1) is 17.3. The number of hydrogen-bond donors (Lipinski definition) is 1. The Hall–Kier alpha value is -1.74. The van der Waals surface area contributed by atoms with E-state index in [9.17, 15) is 13.2 Å². The van der Waals surface area contributed by atoms with E-state index in [-0.39, 0.29) is 5.56 Å². The first-order valence-corrected chi connectivity index (χ1v) is 6.81. The van der Waals surface area contributed by atoms with Crippen LogP contribution in [0.3, 0.4) is 0 Å². The summed E-state index contributed by atoms with van der Waals surface area (Å²) in [5.41, 5.74) is -0.865. The Bertz CT molecular complexity index is 504. The molecule has 1 aromatic carbocycles. The average Bonchev–Trinajstić information content (AvgIpc) is 2.42. The summed E-state index contributed by atoms with van der Waals surface area (Å²) in [7, 11) is 2.01. The molecule has 0 heterocycles. The summed E-state index contributed by atoms with van der Waals surface area (Å²) in [4.78, 5) is 2.17. The number of anilines is 1. The molecule has 1 rings (SSSR count). The van der Waals surface area contributed by atoms with Crippen molar-refractivity contribution in [3.05, 3.63) is 29.3 Å². The van der Waals surface area contributed by atoms with Crippen LogP contribution in [0.15, 0.2) is 18.2 Å². The maximum absolute atomic E-state index is 12.8. The number of rotatable bonds is 6. The molecule has 116 valence electrons. The molecule has 0 radical (unpaired) electrons. The Morgan fingerprint density at radius 3 is 2.52 bits per heavy atom. The molecule has 0 fully saturated rings. The third-order valence-electron chi connectivity index (χ3n) is 3.34. The van der Waals surface area contributed by atoms with Gasteiger partial charge in [-0.25, -0.2) is 0 Å². The number of benzene rings is 1. The molecule has 3 nitrogen and oxygen atoms in total. The highest BCUT2D eigenvalue weighted by molar-refractivity contribution is 5.53. The number of nitrogens with one attached hydrogen (secondary N) is 1. The van der Waals surface area contributed by atoms with E-state index < -0.39 is 11.7 Å². The molecule has 1 aromatic rings. The summed E-state index contributed by atoms with van der Waals surface area (Å²) >= 11 is 0. The molecule has 0 aromatic heterocycles. The largest absolute Gasteiger partial charge is 0.417 e. The van der Waals surface area contributed by atoms with Crippen molar-refractivity contribution in [3.63, 3.8) is 0 Å². The Balaban J connectivity index is 2.63. The van der Waals surface area contributed by atoms with E-state index in [0.29, 0.717) is 18.3 Å². The molecular weight excluding hydrogens is 279 g/mol. The van der Waals surface area contributed by atoms with Crippen LogP contribution in [0.4, 0.5) is 18.9 Å².